The Balaban J connectivity index is 1.87. The van der Waals surface area contributed by atoms with Gasteiger partial charge in [0.25, 0.3) is 0 Å². The van der Waals surface area contributed by atoms with Gasteiger partial charge in [-0.05, 0) is 43.0 Å². The Kier molecular flexibility index (Phi) is 4.59. The summed E-state index contributed by atoms with van der Waals surface area (Å²) in [6.45, 7) is 7.34. The van der Waals surface area contributed by atoms with Crippen LogP contribution in [0.15, 0.2) is 24.3 Å². The number of benzene rings is 1. The second kappa shape index (κ2) is 6.20. The minimum absolute atomic E-state index is 0.0829. The van der Waals surface area contributed by atoms with E-state index in [1.165, 1.54) is 11.1 Å². The fraction of sp³-hybridized carbons (Fsp3) is 0.562. The van der Waals surface area contributed by atoms with Crippen LogP contribution < -0.4 is 5.73 Å². The average molecular weight is 260 g/mol. The molecule has 1 aliphatic heterocycles. The monoisotopic (exact) mass is 260 g/mol. The number of primary amides is 1. The van der Waals surface area contributed by atoms with Crippen molar-refractivity contribution in [1.82, 2.24) is 4.90 Å². The highest BCUT2D eigenvalue weighted by molar-refractivity contribution is 5.76. The van der Waals surface area contributed by atoms with Gasteiger partial charge in [0.15, 0.2) is 0 Å². The molecule has 1 aliphatic rings. The van der Waals surface area contributed by atoms with Crippen molar-refractivity contribution in [1.29, 1.82) is 0 Å². The van der Waals surface area contributed by atoms with Crippen LogP contribution in [-0.4, -0.2) is 23.9 Å². The Bertz CT molecular complexity index is 417. The van der Waals surface area contributed by atoms with Gasteiger partial charge in [0, 0.05) is 12.5 Å². The molecule has 0 aliphatic carbocycles. The second-order valence-corrected chi connectivity index (χ2v) is 5.85. The lowest BCUT2D eigenvalue weighted by Crippen LogP contribution is -2.38. The zero-order valence-corrected chi connectivity index (χ0v) is 11.9. The minimum atomic E-state index is -0.138. The SMILES string of the molecule is CC(C)c1ccc(CN2CCC(C(N)=O)CC2)cc1. The largest absolute Gasteiger partial charge is 0.369 e. The molecule has 1 saturated heterocycles. The van der Waals surface area contributed by atoms with Crippen LogP contribution in [-0.2, 0) is 11.3 Å². The maximum atomic E-state index is 11.1. The number of carbonyl (C=O) groups excluding carboxylic acids is 1. The lowest BCUT2D eigenvalue weighted by atomic mass is 9.95. The van der Waals surface area contributed by atoms with E-state index in [9.17, 15) is 4.79 Å². The van der Waals surface area contributed by atoms with Crippen LogP contribution in [0.2, 0.25) is 0 Å². The van der Waals surface area contributed by atoms with Crippen molar-refractivity contribution in [3.8, 4) is 0 Å². The first-order chi connectivity index (χ1) is 9.06. The van der Waals surface area contributed by atoms with Crippen LogP contribution in [0.4, 0.5) is 0 Å². The number of piperidine rings is 1. The number of hydrogen-bond acceptors (Lipinski definition) is 2. The molecule has 3 nitrogen and oxygen atoms in total. The number of carbonyl (C=O) groups is 1. The number of likely N-dealkylation sites (tertiary alicyclic amines) is 1. The quantitative estimate of drug-likeness (QED) is 0.904. The molecule has 104 valence electrons. The third kappa shape index (κ3) is 3.80. The van der Waals surface area contributed by atoms with Crippen molar-refractivity contribution in [3.05, 3.63) is 35.4 Å². The predicted molar refractivity (Wildman–Crippen MR) is 77.7 cm³/mol. The first-order valence-corrected chi connectivity index (χ1v) is 7.16. The number of hydrogen-bond donors (Lipinski definition) is 1. The van der Waals surface area contributed by atoms with E-state index >= 15 is 0 Å². The van der Waals surface area contributed by atoms with E-state index in [1.54, 1.807) is 0 Å². The highest BCUT2D eigenvalue weighted by Crippen LogP contribution is 2.20. The fourth-order valence-electron chi connectivity index (χ4n) is 2.64. The number of nitrogens with zero attached hydrogens (tertiary/aromatic N) is 1. The molecule has 1 amide bonds. The summed E-state index contributed by atoms with van der Waals surface area (Å²) in [6, 6.07) is 8.87. The Morgan fingerprint density at radius 3 is 2.32 bits per heavy atom. The molecule has 19 heavy (non-hydrogen) atoms. The number of nitrogens with two attached hydrogens (primary N) is 1. The summed E-state index contributed by atoms with van der Waals surface area (Å²) in [4.78, 5) is 13.5. The normalized spacial score (nSPS) is 17.8. The zero-order valence-electron chi connectivity index (χ0n) is 11.9. The van der Waals surface area contributed by atoms with Crippen LogP contribution in [0.1, 0.15) is 43.7 Å². The molecule has 1 aromatic rings. The third-order valence-corrected chi connectivity index (χ3v) is 4.04. The molecule has 2 rings (SSSR count). The van der Waals surface area contributed by atoms with Gasteiger partial charge >= 0.3 is 0 Å². The van der Waals surface area contributed by atoms with Crippen molar-refractivity contribution in [2.24, 2.45) is 11.7 Å². The topological polar surface area (TPSA) is 46.3 Å². The molecule has 2 N–H and O–H groups in total. The van der Waals surface area contributed by atoms with Crippen LogP contribution in [0.3, 0.4) is 0 Å². The van der Waals surface area contributed by atoms with E-state index in [2.05, 4.69) is 43.0 Å². The van der Waals surface area contributed by atoms with Gasteiger partial charge in [0.05, 0.1) is 0 Å². The maximum absolute atomic E-state index is 11.1. The van der Waals surface area contributed by atoms with Gasteiger partial charge in [-0.2, -0.15) is 0 Å². The highest BCUT2D eigenvalue weighted by atomic mass is 16.1. The smallest absolute Gasteiger partial charge is 0.220 e. The van der Waals surface area contributed by atoms with Gasteiger partial charge in [-0.1, -0.05) is 38.1 Å². The molecule has 3 heteroatoms. The van der Waals surface area contributed by atoms with Gasteiger partial charge in [-0.3, -0.25) is 9.69 Å². The molecule has 0 unspecified atom stereocenters. The van der Waals surface area contributed by atoms with Crippen LogP contribution in [0.25, 0.3) is 0 Å². The Hall–Kier alpha value is -1.35. The molecule has 1 aromatic carbocycles. The molecule has 0 radical (unpaired) electrons. The molecule has 1 heterocycles. The van der Waals surface area contributed by atoms with Crippen molar-refractivity contribution in [2.45, 2.75) is 39.2 Å². The summed E-state index contributed by atoms with van der Waals surface area (Å²) in [5, 5.41) is 0. The Morgan fingerprint density at radius 1 is 1.26 bits per heavy atom. The van der Waals surface area contributed by atoms with Crippen molar-refractivity contribution >= 4 is 5.91 Å². The molecule has 0 atom stereocenters. The summed E-state index contributed by atoms with van der Waals surface area (Å²) < 4.78 is 0. The average Bonchev–Trinajstić information content (AvgIpc) is 2.40. The summed E-state index contributed by atoms with van der Waals surface area (Å²) in [5.41, 5.74) is 8.09. The third-order valence-electron chi connectivity index (χ3n) is 4.04. The number of rotatable bonds is 4. The van der Waals surface area contributed by atoms with Crippen molar-refractivity contribution < 1.29 is 4.79 Å². The molecule has 1 fully saturated rings. The van der Waals surface area contributed by atoms with Crippen molar-refractivity contribution in [2.75, 3.05) is 13.1 Å². The van der Waals surface area contributed by atoms with E-state index in [0.29, 0.717) is 5.92 Å². The van der Waals surface area contributed by atoms with Crippen LogP contribution in [0.5, 0.6) is 0 Å². The second-order valence-electron chi connectivity index (χ2n) is 5.85. The summed E-state index contributed by atoms with van der Waals surface area (Å²) in [5.74, 6) is 0.529. The van der Waals surface area contributed by atoms with Crippen LogP contribution in [0, 0.1) is 5.92 Å². The predicted octanol–water partition coefficient (Wildman–Crippen LogP) is 2.51. The maximum Gasteiger partial charge on any atom is 0.220 e. The first-order valence-electron chi connectivity index (χ1n) is 7.16. The molecule has 0 saturated carbocycles. The van der Waals surface area contributed by atoms with Gasteiger partial charge < -0.3 is 5.73 Å². The molecular weight excluding hydrogens is 236 g/mol. The highest BCUT2D eigenvalue weighted by Gasteiger charge is 2.22. The number of amides is 1. The van der Waals surface area contributed by atoms with Gasteiger partial charge in [0.1, 0.15) is 0 Å². The van der Waals surface area contributed by atoms with E-state index in [1.807, 2.05) is 0 Å². The molecule has 0 bridgehead atoms. The van der Waals surface area contributed by atoms with Gasteiger partial charge in [-0.15, -0.1) is 0 Å². The lowest BCUT2D eigenvalue weighted by Gasteiger charge is -2.30. The Morgan fingerprint density at radius 2 is 1.84 bits per heavy atom. The van der Waals surface area contributed by atoms with Crippen molar-refractivity contribution in [3.63, 3.8) is 0 Å². The van der Waals surface area contributed by atoms with E-state index in [4.69, 9.17) is 5.73 Å². The summed E-state index contributed by atoms with van der Waals surface area (Å²) >= 11 is 0. The zero-order chi connectivity index (χ0) is 13.8. The molecule has 0 aromatic heterocycles. The van der Waals surface area contributed by atoms with E-state index < -0.39 is 0 Å². The van der Waals surface area contributed by atoms with E-state index in [-0.39, 0.29) is 11.8 Å². The Labute approximate surface area is 115 Å². The first kappa shape index (κ1) is 14.1. The molecule has 0 spiro atoms. The van der Waals surface area contributed by atoms with Crippen LogP contribution >= 0.6 is 0 Å². The standard InChI is InChI=1S/C16H24N2O/c1-12(2)14-5-3-13(4-6-14)11-18-9-7-15(8-10-18)16(17)19/h3-6,12,15H,7-11H2,1-2H3,(H2,17,19). The summed E-state index contributed by atoms with van der Waals surface area (Å²) in [7, 11) is 0. The molecular formula is C16H24N2O. The van der Waals surface area contributed by atoms with E-state index in [0.717, 1.165) is 32.5 Å². The van der Waals surface area contributed by atoms with Gasteiger partial charge in [0.2, 0.25) is 5.91 Å². The summed E-state index contributed by atoms with van der Waals surface area (Å²) in [6.07, 6.45) is 1.80. The lowest BCUT2D eigenvalue weighted by molar-refractivity contribution is -0.123. The minimum Gasteiger partial charge on any atom is -0.369 e. The fourth-order valence-corrected chi connectivity index (χ4v) is 2.64. The van der Waals surface area contributed by atoms with Gasteiger partial charge in [-0.25, -0.2) is 0 Å².